The topological polar surface area (TPSA) is 0 Å². The predicted octanol–water partition coefficient (Wildman–Crippen LogP) is 8.56. The van der Waals surface area contributed by atoms with E-state index >= 15 is 0 Å². The number of hydrogen-bond donors (Lipinski definition) is 0. The highest BCUT2D eigenvalue weighted by molar-refractivity contribution is 5.34. The highest BCUT2D eigenvalue weighted by Gasteiger charge is 2.08. The monoisotopic (exact) mass is 304 g/mol. The maximum Gasteiger partial charge on any atom is 0.0785 e. The molecular formula is C20H45F. The lowest BCUT2D eigenvalue weighted by Crippen LogP contribution is -1.72. The lowest BCUT2D eigenvalue weighted by molar-refractivity contribution is 0.636. The van der Waals surface area contributed by atoms with Crippen LogP contribution >= 0.6 is 0 Å². The molecule has 0 unspecified atom stereocenters. The van der Waals surface area contributed by atoms with Crippen molar-refractivity contribution in [2.75, 3.05) is 7.18 Å². The van der Waals surface area contributed by atoms with Crippen LogP contribution in [0.15, 0.2) is 36.5 Å². The van der Waals surface area contributed by atoms with Gasteiger partial charge in [0.1, 0.15) is 0 Å². The number of rotatable bonds is 1. The smallest absolute Gasteiger partial charge is 0.0785 e. The molecule has 0 heterocycles. The molecule has 0 aromatic heterocycles. The predicted molar refractivity (Wildman–Crippen MR) is 105 cm³/mol. The van der Waals surface area contributed by atoms with E-state index in [1.54, 1.807) is 0 Å². The summed E-state index contributed by atoms with van der Waals surface area (Å²) in [7, 11) is 0.500. The number of hydrogen-bond acceptors (Lipinski definition) is 0. The summed E-state index contributed by atoms with van der Waals surface area (Å²) < 4.78 is 9.50. The fraction of sp³-hybridized carbons (Fsp3) is 0.700. The van der Waals surface area contributed by atoms with Crippen LogP contribution in [0.2, 0.25) is 0 Å². The lowest BCUT2D eigenvalue weighted by Gasteiger charge is -1.92. The van der Waals surface area contributed by atoms with Crippen LogP contribution in [0.5, 0.6) is 0 Å². The van der Waals surface area contributed by atoms with E-state index in [9.17, 15) is 4.39 Å². The van der Waals surface area contributed by atoms with Gasteiger partial charge in [0.15, 0.2) is 0 Å². The molecule has 1 aliphatic rings. The Morgan fingerprint density at radius 2 is 1.10 bits per heavy atom. The molecule has 0 atom stereocenters. The first kappa shape index (κ1) is 36.9. The van der Waals surface area contributed by atoms with Crippen LogP contribution in [-0.4, -0.2) is 7.18 Å². The molecule has 0 aromatic carbocycles. The van der Waals surface area contributed by atoms with Crippen molar-refractivity contribution in [1.29, 1.82) is 0 Å². The second-order valence-electron chi connectivity index (χ2n) is 2.38. The largest absolute Gasteiger partial charge is 0.255 e. The summed E-state index contributed by atoms with van der Waals surface area (Å²) >= 11 is 0. The molecule has 0 saturated heterocycles. The minimum Gasteiger partial charge on any atom is -0.255 e. The van der Waals surface area contributed by atoms with Crippen LogP contribution in [0, 0.1) is 0 Å². The molecule has 132 valence electrons. The SMILES string of the molecule is C=C/C=C1/CCCC1=C.CC.CC.CC.CC.CC.CF. The van der Waals surface area contributed by atoms with E-state index in [-0.39, 0.29) is 0 Å². The maximum absolute atomic E-state index is 9.50. The average Bonchev–Trinajstić information content (AvgIpc) is 3.04. The zero-order valence-electron chi connectivity index (χ0n) is 17.1. The Labute approximate surface area is 137 Å². The fourth-order valence-corrected chi connectivity index (χ4v) is 1.17. The molecule has 1 aliphatic carbocycles. The van der Waals surface area contributed by atoms with Gasteiger partial charge < -0.3 is 0 Å². The third-order valence-corrected chi connectivity index (χ3v) is 1.70. The van der Waals surface area contributed by atoms with Crippen LogP contribution in [-0.2, 0) is 0 Å². The van der Waals surface area contributed by atoms with Gasteiger partial charge in [-0.1, -0.05) is 100 Å². The third-order valence-electron chi connectivity index (χ3n) is 1.70. The normalized spacial score (nSPS) is 11.6. The molecule has 0 aliphatic heterocycles. The van der Waals surface area contributed by atoms with Crippen molar-refractivity contribution >= 4 is 0 Å². The van der Waals surface area contributed by atoms with Crippen molar-refractivity contribution in [3.63, 3.8) is 0 Å². The summed E-state index contributed by atoms with van der Waals surface area (Å²) in [6.45, 7) is 27.6. The standard InChI is InChI=1S/C9H12.5C2H6.CH3F/c1-3-5-9-7-4-6-8(9)2;6*1-2/h3,5H,1-2,4,6-7H2;5*1-2H3;1H3/b9-5-;;;;;;. The van der Waals surface area contributed by atoms with E-state index in [1.807, 2.05) is 75.3 Å². The van der Waals surface area contributed by atoms with Crippen molar-refractivity contribution < 1.29 is 4.39 Å². The quantitative estimate of drug-likeness (QED) is 0.455. The van der Waals surface area contributed by atoms with Crippen molar-refractivity contribution in [2.24, 2.45) is 0 Å². The van der Waals surface area contributed by atoms with Gasteiger partial charge in [-0.3, -0.25) is 4.39 Å². The summed E-state index contributed by atoms with van der Waals surface area (Å²) in [4.78, 5) is 0. The van der Waals surface area contributed by atoms with Gasteiger partial charge in [-0.2, -0.15) is 0 Å². The molecular weight excluding hydrogens is 259 g/mol. The molecule has 0 nitrogen and oxygen atoms in total. The Bertz CT molecular complexity index is 167. The molecule has 0 aromatic rings. The highest BCUT2D eigenvalue weighted by Crippen LogP contribution is 2.28. The van der Waals surface area contributed by atoms with Crippen LogP contribution in [0.25, 0.3) is 0 Å². The van der Waals surface area contributed by atoms with E-state index < -0.39 is 0 Å². The summed E-state index contributed by atoms with van der Waals surface area (Å²) in [5.41, 5.74) is 2.69. The van der Waals surface area contributed by atoms with Crippen molar-refractivity contribution in [2.45, 2.75) is 88.5 Å². The van der Waals surface area contributed by atoms with Crippen LogP contribution in [0.3, 0.4) is 0 Å². The van der Waals surface area contributed by atoms with Gasteiger partial charge in [0.25, 0.3) is 0 Å². The van der Waals surface area contributed by atoms with Gasteiger partial charge in [0.2, 0.25) is 0 Å². The summed E-state index contributed by atoms with van der Waals surface area (Å²) in [6.07, 6.45) is 7.56. The lowest BCUT2D eigenvalue weighted by atomic mass is 10.1. The fourth-order valence-electron chi connectivity index (χ4n) is 1.17. The molecule has 1 rings (SSSR count). The molecule has 1 saturated carbocycles. The minimum atomic E-state index is 0.500. The molecule has 0 bridgehead atoms. The molecule has 0 spiro atoms. The summed E-state index contributed by atoms with van der Waals surface area (Å²) in [5, 5.41) is 0. The van der Waals surface area contributed by atoms with Crippen molar-refractivity contribution in [3.05, 3.63) is 36.5 Å². The number of halogens is 1. The first-order valence-corrected chi connectivity index (χ1v) is 8.72. The zero-order chi connectivity index (χ0) is 18.7. The van der Waals surface area contributed by atoms with Crippen molar-refractivity contribution in [3.8, 4) is 0 Å². The van der Waals surface area contributed by atoms with E-state index in [4.69, 9.17) is 0 Å². The summed E-state index contributed by atoms with van der Waals surface area (Å²) in [5.74, 6) is 0. The van der Waals surface area contributed by atoms with E-state index in [0.29, 0.717) is 7.18 Å². The second kappa shape index (κ2) is 61.2. The van der Waals surface area contributed by atoms with Gasteiger partial charge in [-0.05, 0) is 24.8 Å². The van der Waals surface area contributed by atoms with Crippen LogP contribution in [0.1, 0.15) is 88.5 Å². The highest BCUT2D eigenvalue weighted by atomic mass is 19.1. The molecule has 0 radical (unpaired) electrons. The average molecular weight is 305 g/mol. The Hall–Kier alpha value is -0.850. The Balaban J connectivity index is -0.0000000400. The molecule has 1 heteroatoms. The van der Waals surface area contributed by atoms with Gasteiger partial charge in [-0.25, -0.2) is 0 Å². The van der Waals surface area contributed by atoms with Gasteiger partial charge in [0.05, 0.1) is 7.18 Å². The molecule has 21 heavy (non-hydrogen) atoms. The van der Waals surface area contributed by atoms with Gasteiger partial charge >= 0.3 is 0 Å². The van der Waals surface area contributed by atoms with Crippen molar-refractivity contribution in [1.82, 2.24) is 0 Å². The maximum atomic E-state index is 9.50. The van der Waals surface area contributed by atoms with E-state index in [0.717, 1.165) is 0 Å². The van der Waals surface area contributed by atoms with E-state index in [1.165, 1.54) is 30.4 Å². The minimum absolute atomic E-state index is 0.500. The second-order valence-corrected chi connectivity index (χ2v) is 2.38. The molecule has 1 fully saturated rings. The number of alkyl halides is 1. The number of allylic oxidation sites excluding steroid dienone is 4. The molecule has 0 amide bonds. The summed E-state index contributed by atoms with van der Waals surface area (Å²) in [6, 6.07) is 0. The Morgan fingerprint density at radius 1 is 0.762 bits per heavy atom. The third kappa shape index (κ3) is 38.2. The molecule has 0 N–H and O–H groups in total. The first-order valence-electron chi connectivity index (χ1n) is 8.72. The Kier molecular flexibility index (Phi) is 108. The van der Waals surface area contributed by atoms with Gasteiger partial charge in [0, 0.05) is 0 Å². The van der Waals surface area contributed by atoms with Crippen LogP contribution in [0.4, 0.5) is 4.39 Å². The van der Waals surface area contributed by atoms with Crippen LogP contribution < -0.4 is 0 Å². The first-order chi connectivity index (χ1) is 10.3. The Morgan fingerprint density at radius 3 is 1.29 bits per heavy atom. The van der Waals surface area contributed by atoms with Gasteiger partial charge in [-0.15, -0.1) is 0 Å². The zero-order valence-corrected chi connectivity index (χ0v) is 17.1. The van der Waals surface area contributed by atoms with E-state index in [2.05, 4.69) is 19.2 Å².